The van der Waals surface area contributed by atoms with Gasteiger partial charge in [0.15, 0.2) is 0 Å². The van der Waals surface area contributed by atoms with Gasteiger partial charge in [-0.05, 0) is 37.0 Å². The molecule has 2 rings (SSSR count). The molecule has 0 aromatic heterocycles. The minimum Gasteiger partial charge on any atom is -0.466 e. The first-order valence-electron chi connectivity index (χ1n) is 5.83. The fourth-order valence-electron chi connectivity index (χ4n) is 1.99. The molecule has 98 valence electrons. The van der Waals surface area contributed by atoms with Gasteiger partial charge in [0.1, 0.15) is 5.75 Å². The topological polar surface area (TPSA) is 35.5 Å². The van der Waals surface area contributed by atoms with E-state index in [1.54, 1.807) is 19.1 Å². The zero-order valence-electron chi connectivity index (χ0n) is 9.94. The van der Waals surface area contributed by atoms with Gasteiger partial charge in [-0.1, -0.05) is 12.1 Å². The summed E-state index contributed by atoms with van der Waals surface area (Å²) in [6.07, 6.45) is 0.705. The maximum absolute atomic E-state index is 12.1. The highest BCUT2D eigenvalue weighted by Crippen LogP contribution is 2.48. The molecule has 1 fully saturated rings. The van der Waals surface area contributed by atoms with E-state index in [-0.39, 0.29) is 23.6 Å². The smallest absolute Gasteiger partial charge is 0.387 e. The Balaban J connectivity index is 2.01. The van der Waals surface area contributed by atoms with E-state index >= 15 is 0 Å². The normalized spacial score (nSPS) is 21.8. The molecule has 0 saturated heterocycles. The van der Waals surface area contributed by atoms with Gasteiger partial charge >= 0.3 is 12.6 Å². The summed E-state index contributed by atoms with van der Waals surface area (Å²) in [4.78, 5) is 11.5. The molecule has 18 heavy (non-hydrogen) atoms. The first-order valence-corrected chi connectivity index (χ1v) is 5.83. The van der Waals surface area contributed by atoms with E-state index in [0.29, 0.717) is 13.0 Å². The Labute approximate surface area is 104 Å². The number of carbonyl (C=O) groups excluding carboxylic acids is 1. The van der Waals surface area contributed by atoms with Crippen molar-refractivity contribution in [1.29, 1.82) is 0 Å². The van der Waals surface area contributed by atoms with Crippen molar-refractivity contribution in [2.24, 2.45) is 5.92 Å². The van der Waals surface area contributed by atoms with Gasteiger partial charge in [0.05, 0.1) is 12.5 Å². The second-order valence-electron chi connectivity index (χ2n) is 4.15. The van der Waals surface area contributed by atoms with Gasteiger partial charge in [-0.3, -0.25) is 4.79 Å². The highest BCUT2D eigenvalue weighted by molar-refractivity contribution is 5.77. The third-order valence-electron chi connectivity index (χ3n) is 2.89. The molecule has 2 atom stereocenters. The molecule has 1 saturated carbocycles. The van der Waals surface area contributed by atoms with Crippen LogP contribution in [-0.4, -0.2) is 19.2 Å². The largest absolute Gasteiger partial charge is 0.466 e. The molecule has 0 amide bonds. The standard InChI is InChI=1S/C13H14F2O3/c1-2-17-12(16)11-7-10(11)8-4-3-5-9(6-8)18-13(14)15/h3-6,10-11,13H,2,7H2,1H3/t10-,11+/m0/s1. The Bertz CT molecular complexity index is 434. The number of esters is 1. The molecule has 1 aromatic carbocycles. The Kier molecular flexibility index (Phi) is 3.79. The molecule has 0 aliphatic heterocycles. The molecule has 1 aliphatic rings. The number of alkyl halides is 2. The van der Waals surface area contributed by atoms with E-state index in [9.17, 15) is 13.6 Å². The molecule has 0 bridgehead atoms. The molecule has 0 heterocycles. The number of halogens is 2. The average Bonchev–Trinajstić information content (AvgIpc) is 3.08. The maximum Gasteiger partial charge on any atom is 0.387 e. The van der Waals surface area contributed by atoms with Crippen LogP contribution in [0.25, 0.3) is 0 Å². The minimum atomic E-state index is -2.83. The van der Waals surface area contributed by atoms with Crippen LogP contribution in [0.2, 0.25) is 0 Å². The highest BCUT2D eigenvalue weighted by Gasteiger charge is 2.45. The predicted molar refractivity (Wildman–Crippen MR) is 60.6 cm³/mol. The number of ether oxygens (including phenoxy) is 2. The van der Waals surface area contributed by atoms with Crippen LogP contribution < -0.4 is 4.74 Å². The molecule has 0 spiro atoms. The molecule has 5 heteroatoms. The molecule has 0 radical (unpaired) electrons. The van der Waals surface area contributed by atoms with E-state index in [2.05, 4.69) is 4.74 Å². The second kappa shape index (κ2) is 5.33. The SMILES string of the molecule is CCOC(=O)[C@@H]1C[C@H]1c1cccc(OC(F)F)c1. The number of rotatable bonds is 5. The van der Waals surface area contributed by atoms with Crippen LogP contribution in [0.4, 0.5) is 8.78 Å². The summed E-state index contributed by atoms with van der Waals surface area (Å²) in [5.41, 5.74) is 0.839. The fraction of sp³-hybridized carbons (Fsp3) is 0.462. The van der Waals surface area contributed by atoms with Crippen molar-refractivity contribution in [3.05, 3.63) is 29.8 Å². The first kappa shape index (κ1) is 12.8. The second-order valence-corrected chi connectivity index (χ2v) is 4.15. The number of hydrogen-bond donors (Lipinski definition) is 0. The summed E-state index contributed by atoms with van der Waals surface area (Å²) in [5.74, 6) is -0.184. The van der Waals surface area contributed by atoms with E-state index in [1.807, 2.05) is 6.07 Å². The first-order chi connectivity index (χ1) is 8.61. The van der Waals surface area contributed by atoms with E-state index in [4.69, 9.17) is 4.74 Å². The molecule has 1 aromatic rings. The molecule has 0 N–H and O–H groups in total. The van der Waals surface area contributed by atoms with Crippen LogP contribution in [0.3, 0.4) is 0 Å². The summed E-state index contributed by atoms with van der Waals surface area (Å²) in [6.45, 7) is -0.719. The summed E-state index contributed by atoms with van der Waals surface area (Å²) < 4.78 is 33.4. The Hall–Kier alpha value is -1.65. The lowest BCUT2D eigenvalue weighted by molar-refractivity contribution is -0.144. The van der Waals surface area contributed by atoms with Crippen LogP contribution >= 0.6 is 0 Å². The van der Waals surface area contributed by atoms with Gasteiger partial charge in [-0.15, -0.1) is 0 Å². The molecule has 3 nitrogen and oxygen atoms in total. The third kappa shape index (κ3) is 2.97. The van der Waals surface area contributed by atoms with Crippen molar-refractivity contribution in [2.75, 3.05) is 6.61 Å². The van der Waals surface area contributed by atoms with E-state index in [1.165, 1.54) is 6.07 Å². The van der Waals surface area contributed by atoms with E-state index in [0.717, 1.165) is 5.56 Å². The Morgan fingerprint density at radius 3 is 2.94 bits per heavy atom. The van der Waals surface area contributed by atoms with Crippen LogP contribution in [0.15, 0.2) is 24.3 Å². The van der Waals surface area contributed by atoms with Crippen LogP contribution in [-0.2, 0) is 9.53 Å². The Morgan fingerprint density at radius 1 is 1.50 bits per heavy atom. The highest BCUT2D eigenvalue weighted by atomic mass is 19.3. The van der Waals surface area contributed by atoms with Gasteiger partial charge in [0.2, 0.25) is 0 Å². The molecule has 0 unspecified atom stereocenters. The molecular formula is C13H14F2O3. The predicted octanol–water partition coefficient (Wildman–Crippen LogP) is 2.95. The van der Waals surface area contributed by atoms with E-state index < -0.39 is 6.61 Å². The van der Waals surface area contributed by atoms with Gasteiger partial charge in [0, 0.05) is 0 Å². The zero-order chi connectivity index (χ0) is 13.1. The monoisotopic (exact) mass is 256 g/mol. The van der Waals surface area contributed by atoms with Crippen LogP contribution in [0.5, 0.6) is 5.75 Å². The lowest BCUT2D eigenvalue weighted by Gasteiger charge is -2.06. The summed E-state index contributed by atoms with van der Waals surface area (Å²) >= 11 is 0. The molecular weight excluding hydrogens is 242 g/mol. The average molecular weight is 256 g/mol. The van der Waals surface area contributed by atoms with Crippen LogP contribution in [0.1, 0.15) is 24.8 Å². The number of carbonyl (C=O) groups is 1. The van der Waals surface area contributed by atoms with Crippen molar-refractivity contribution < 1.29 is 23.0 Å². The Morgan fingerprint density at radius 2 is 2.28 bits per heavy atom. The van der Waals surface area contributed by atoms with Gasteiger partial charge in [-0.2, -0.15) is 8.78 Å². The van der Waals surface area contributed by atoms with Crippen molar-refractivity contribution in [2.45, 2.75) is 25.9 Å². The van der Waals surface area contributed by atoms with Crippen molar-refractivity contribution in [1.82, 2.24) is 0 Å². The van der Waals surface area contributed by atoms with Gasteiger partial charge < -0.3 is 9.47 Å². The van der Waals surface area contributed by atoms with Crippen molar-refractivity contribution >= 4 is 5.97 Å². The fourth-order valence-corrected chi connectivity index (χ4v) is 1.99. The summed E-state index contributed by atoms with van der Waals surface area (Å²) in [7, 11) is 0. The maximum atomic E-state index is 12.1. The lowest BCUT2D eigenvalue weighted by Crippen LogP contribution is -2.07. The summed E-state index contributed by atoms with van der Waals surface area (Å²) in [6, 6.07) is 6.48. The molecule has 1 aliphatic carbocycles. The number of benzene rings is 1. The van der Waals surface area contributed by atoms with Crippen molar-refractivity contribution in [3.8, 4) is 5.75 Å². The van der Waals surface area contributed by atoms with Gasteiger partial charge in [0.25, 0.3) is 0 Å². The lowest BCUT2D eigenvalue weighted by atomic mass is 10.1. The quantitative estimate of drug-likeness (QED) is 0.760. The minimum absolute atomic E-state index is 0.0604. The zero-order valence-corrected chi connectivity index (χ0v) is 9.94. The van der Waals surface area contributed by atoms with Crippen LogP contribution in [0, 0.1) is 5.92 Å². The number of hydrogen-bond acceptors (Lipinski definition) is 3. The van der Waals surface area contributed by atoms with Gasteiger partial charge in [-0.25, -0.2) is 0 Å². The summed E-state index contributed by atoms with van der Waals surface area (Å²) in [5, 5.41) is 0. The third-order valence-corrected chi connectivity index (χ3v) is 2.89. The van der Waals surface area contributed by atoms with Crippen molar-refractivity contribution in [3.63, 3.8) is 0 Å².